The summed E-state index contributed by atoms with van der Waals surface area (Å²) in [4.78, 5) is 27.8. The van der Waals surface area contributed by atoms with Crippen LogP contribution in [-0.2, 0) is 4.79 Å². The van der Waals surface area contributed by atoms with Crippen LogP contribution in [0.25, 0.3) is 0 Å². The molecule has 2 rings (SSSR count). The van der Waals surface area contributed by atoms with E-state index in [-0.39, 0.29) is 40.7 Å². The number of nitrogens with zero attached hydrogens (tertiary/aromatic N) is 2. The van der Waals surface area contributed by atoms with Gasteiger partial charge >= 0.3 is 0 Å². The molecule has 1 aromatic rings. The van der Waals surface area contributed by atoms with Crippen molar-refractivity contribution in [3.05, 3.63) is 34.6 Å². The summed E-state index contributed by atoms with van der Waals surface area (Å²) in [5.74, 6) is -0.931. The zero-order valence-electron chi connectivity index (χ0n) is 12.8. The summed E-state index contributed by atoms with van der Waals surface area (Å²) in [7, 11) is 0. The second-order valence-electron chi connectivity index (χ2n) is 5.38. The van der Waals surface area contributed by atoms with Gasteiger partial charge in [-0.2, -0.15) is 0 Å². The maximum atomic E-state index is 13.0. The first-order valence-electron chi connectivity index (χ1n) is 7.17. The SMILES string of the molecule is CC(CN)C(=O)N1CCN(C(=O)c2ccc(F)cc2Cl)CC1.Cl. The van der Waals surface area contributed by atoms with Crippen LogP contribution < -0.4 is 5.73 Å². The molecule has 23 heavy (non-hydrogen) atoms. The number of amides is 2. The van der Waals surface area contributed by atoms with Gasteiger partial charge in [0.05, 0.1) is 10.6 Å². The third-order valence-corrected chi connectivity index (χ3v) is 4.13. The Bertz CT molecular complexity index is 578. The summed E-state index contributed by atoms with van der Waals surface area (Å²) in [6.07, 6.45) is 0. The van der Waals surface area contributed by atoms with Crippen LogP contribution >= 0.6 is 24.0 Å². The van der Waals surface area contributed by atoms with Crippen LogP contribution in [0.15, 0.2) is 18.2 Å². The Morgan fingerprint density at radius 2 is 1.83 bits per heavy atom. The number of piperazine rings is 1. The Morgan fingerprint density at radius 3 is 2.35 bits per heavy atom. The summed E-state index contributed by atoms with van der Waals surface area (Å²) in [6.45, 7) is 3.88. The molecule has 1 unspecified atom stereocenters. The van der Waals surface area contributed by atoms with Gasteiger partial charge in [0.25, 0.3) is 5.91 Å². The van der Waals surface area contributed by atoms with Crippen LogP contribution in [0.3, 0.4) is 0 Å². The number of benzene rings is 1. The molecule has 2 N–H and O–H groups in total. The van der Waals surface area contributed by atoms with E-state index in [2.05, 4.69) is 0 Å². The molecular formula is C15H20Cl2FN3O2. The van der Waals surface area contributed by atoms with E-state index in [1.54, 1.807) is 16.7 Å². The largest absolute Gasteiger partial charge is 0.339 e. The predicted octanol–water partition coefficient (Wildman–Crippen LogP) is 1.78. The molecule has 0 bridgehead atoms. The third kappa shape index (κ3) is 4.56. The van der Waals surface area contributed by atoms with Crippen molar-refractivity contribution in [2.45, 2.75) is 6.92 Å². The predicted molar refractivity (Wildman–Crippen MR) is 89.4 cm³/mol. The zero-order valence-corrected chi connectivity index (χ0v) is 14.4. The lowest BCUT2D eigenvalue weighted by atomic mass is 10.1. The van der Waals surface area contributed by atoms with E-state index < -0.39 is 5.82 Å². The third-order valence-electron chi connectivity index (χ3n) is 3.82. The van der Waals surface area contributed by atoms with Crippen molar-refractivity contribution in [1.82, 2.24) is 9.80 Å². The first-order chi connectivity index (χ1) is 10.4. The molecule has 1 aromatic carbocycles. The van der Waals surface area contributed by atoms with E-state index in [4.69, 9.17) is 17.3 Å². The number of carbonyl (C=O) groups is 2. The van der Waals surface area contributed by atoms with E-state index in [9.17, 15) is 14.0 Å². The molecule has 8 heteroatoms. The molecule has 1 fully saturated rings. The molecule has 5 nitrogen and oxygen atoms in total. The van der Waals surface area contributed by atoms with E-state index in [0.29, 0.717) is 32.7 Å². The van der Waals surface area contributed by atoms with Crippen molar-refractivity contribution in [1.29, 1.82) is 0 Å². The average Bonchev–Trinajstić information content (AvgIpc) is 2.53. The van der Waals surface area contributed by atoms with Crippen LogP contribution in [0.1, 0.15) is 17.3 Å². The number of carbonyl (C=O) groups excluding carboxylic acids is 2. The molecule has 2 amide bonds. The lowest BCUT2D eigenvalue weighted by Crippen LogP contribution is -2.52. The van der Waals surface area contributed by atoms with Crippen LogP contribution in [0.5, 0.6) is 0 Å². The van der Waals surface area contributed by atoms with Gasteiger partial charge in [0, 0.05) is 38.6 Å². The number of halogens is 3. The number of rotatable bonds is 3. The van der Waals surface area contributed by atoms with Crippen LogP contribution in [0, 0.1) is 11.7 Å². The van der Waals surface area contributed by atoms with E-state index in [1.807, 2.05) is 0 Å². The molecule has 0 saturated carbocycles. The fraction of sp³-hybridized carbons (Fsp3) is 0.467. The molecule has 0 aromatic heterocycles. The second-order valence-corrected chi connectivity index (χ2v) is 5.79. The van der Waals surface area contributed by atoms with Gasteiger partial charge in [0.15, 0.2) is 0 Å². The van der Waals surface area contributed by atoms with Gasteiger partial charge in [0.1, 0.15) is 5.82 Å². The fourth-order valence-corrected chi connectivity index (χ4v) is 2.62. The van der Waals surface area contributed by atoms with Crippen molar-refractivity contribution >= 4 is 35.8 Å². The minimum absolute atomic E-state index is 0. The van der Waals surface area contributed by atoms with Gasteiger partial charge in [-0.1, -0.05) is 18.5 Å². The molecule has 1 aliphatic heterocycles. The van der Waals surface area contributed by atoms with Crippen molar-refractivity contribution in [2.24, 2.45) is 11.7 Å². The Labute approximate surface area is 146 Å². The summed E-state index contributed by atoms with van der Waals surface area (Å²) in [5, 5.41) is 0.0975. The highest BCUT2D eigenvalue weighted by Gasteiger charge is 2.27. The highest BCUT2D eigenvalue weighted by Crippen LogP contribution is 2.20. The molecule has 1 saturated heterocycles. The lowest BCUT2D eigenvalue weighted by molar-refractivity contribution is -0.136. The topological polar surface area (TPSA) is 66.6 Å². The lowest BCUT2D eigenvalue weighted by Gasteiger charge is -2.36. The minimum atomic E-state index is -0.479. The Kier molecular flexibility index (Phi) is 7.25. The quantitative estimate of drug-likeness (QED) is 0.889. The zero-order chi connectivity index (χ0) is 16.3. The van der Waals surface area contributed by atoms with Gasteiger partial charge in [0.2, 0.25) is 5.91 Å². The van der Waals surface area contributed by atoms with Gasteiger partial charge in [-0.25, -0.2) is 4.39 Å². The molecule has 1 atom stereocenters. The number of hydrogen-bond acceptors (Lipinski definition) is 3. The van der Waals surface area contributed by atoms with Gasteiger partial charge in [-0.3, -0.25) is 9.59 Å². The van der Waals surface area contributed by atoms with E-state index in [0.717, 1.165) is 6.07 Å². The molecule has 128 valence electrons. The van der Waals surface area contributed by atoms with Crippen molar-refractivity contribution in [2.75, 3.05) is 32.7 Å². The monoisotopic (exact) mass is 363 g/mol. The smallest absolute Gasteiger partial charge is 0.255 e. The normalized spacial score (nSPS) is 15.8. The first kappa shape index (κ1) is 19.7. The summed E-state index contributed by atoms with van der Waals surface area (Å²) in [5.41, 5.74) is 5.78. The van der Waals surface area contributed by atoms with Crippen LogP contribution in [0.2, 0.25) is 5.02 Å². The van der Waals surface area contributed by atoms with Crippen LogP contribution in [-0.4, -0.2) is 54.3 Å². The molecule has 1 heterocycles. The van der Waals surface area contributed by atoms with Crippen molar-refractivity contribution in [3.63, 3.8) is 0 Å². The molecule has 1 aliphatic rings. The molecule has 0 radical (unpaired) electrons. The summed E-state index contributed by atoms with van der Waals surface area (Å²) < 4.78 is 13.0. The maximum absolute atomic E-state index is 13.0. The second kappa shape index (κ2) is 8.47. The molecule has 0 aliphatic carbocycles. The maximum Gasteiger partial charge on any atom is 0.255 e. The molecule has 0 spiro atoms. The minimum Gasteiger partial charge on any atom is -0.339 e. The Morgan fingerprint density at radius 1 is 1.26 bits per heavy atom. The van der Waals surface area contributed by atoms with E-state index >= 15 is 0 Å². The highest BCUT2D eigenvalue weighted by molar-refractivity contribution is 6.33. The summed E-state index contributed by atoms with van der Waals surface area (Å²) in [6, 6.07) is 3.72. The molecular weight excluding hydrogens is 344 g/mol. The number of hydrogen-bond donors (Lipinski definition) is 1. The van der Waals surface area contributed by atoms with Gasteiger partial charge in [-0.15, -0.1) is 12.4 Å². The number of nitrogens with two attached hydrogens (primary N) is 1. The fourth-order valence-electron chi connectivity index (χ4n) is 2.38. The first-order valence-corrected chi connectivity index (χ1v) is 7.55. The average molecular weight is 364 g/mol. The van der Waals surface area contributed by atoms with Crippen molar-refractivity contribution in [3.8, 4) is 0 Å². The van der Waals surface area contributed by atoms with Gasteiger partial charge < -0.3 is 15.5 Å². The van der Waals surface area contributed by atoms with Crippen LogP contribution in [0.4, 0.5) is 4.39 Å². The van der Waals surface area contributed by atoms with Gasteiger partial charge in [-0.05, 0) is 18.2 Å². The van der Waals surface area contributed by atoms with E-state index in [1.165, 1.54) is 12.1 Å². The standard InChI is InChI=1S/C15H19ClFN3O2.ClH/c1-10(9-18)14(21)19-4-6-20(7-5-19)15(22)12-3-2-11(17)8-13(12)16;/h2-3,8,10H,4-7,9,18H2,1H3;1H. The Hall–Kier alpha value is -1.37. The summed E-state index contributed by atoms with van der Waals surface area (Å²) >= 11 is 5.92. The Balaban J connectivity index is 0.00000264. The van der Waals surface area contributed by atoms with Crippen molar-refractivity contribution < 1.29 is 14.0 Å². The highest BCUT2D eigenvalue weighted by atomic mass is 35.5.